The van der Waals surface area contributed by atoms with Crippen LogP contribution in [0, 0.1) is 11.5 Å². The number of hydrogen-bond acceptors (Lipinski definition) is 4. The minimum absolute atomic E-state index is 0.0368. The van der Waals surface area contributed by atoms with Gasteiger partial charge in [0.15, 0.2) is 6.19 Å². The molecular weight excluding hydrogens is 312 g/mol. The molecule has 1 aromatic rings. The number of thiophene rings is 1. The summed E-state index contributed by atoms with van der Waals surface area (Å²) in [4.78, 5) is 2.66. The first-order chi connectivity index (χ1) is 8.04. The fourth-order valence-electron chi connectivity index (χ4n) is 1.72. The first-order valence-electron chi connectivity index (χ1n) is 5.07. The molecular formula is C10H10BrF2N3S. The molecule has 0 radical (unpaired) electrons. The summed E-state index contributed by atoms with van der Waals surface area (Å²) >= 11 is 4.23. The van der Waals surface area contributed by atoms with E-state index in [2.05, 4.69) is 15.9 Å². The Hall–Kier alpha value is -0.710. The van der Waals surface area contributed by atoms with Crippen molar-refractivity contribution >= 4 is 27.3 Å². The van der Waals surface area contributed by atoms with Gasteiger partial charge >= 0.3 is 6.05 Å². The van der Waals surface area contributed by atoms with Gasteiger partial charge in [-0.15, -0.1) is 11.3 Å². The highest BCUT2D eigenvalue weighted by molar-refractivity contribution is 9.11. The summed E-state index contributed by atoms with van der Waals surface area (Å²) in [6.45, 7) is 1.13. The lowest BCUT2D eigenvalue weighted by Gasteiger charge is -2.36. The normalized spacial score (nSPS) is 18.1. The molecule has 1 aromatic heterocycles. The summed E-state index contributed by atoms with van der Waals surface area (Å²) in [5.41, 5.74) is 0. The average Bonchev–Trinajstić information content (AvgIpc) is 2.77. The predicted octanol–water partition coefficient (Wildman–Crippen LogP) is 2.66. The maximum atomic E-state index is 14.1. The van der Waals surface area contributed by atoms with E-state index < -0.39 is 6.05 Å². The molecule has 92 valence electrons. The molecule has 1 saturated heterocycles. The number of hydrogen-bond donors (Lipinski definition) is 0. The highest BCUT2D eigenvalue weighted by Gasteiger charge is 2.41. The van der Waals surface area contributed by atoms with Gasteiger partial charge in [-0.3, -0.25) is 0 Å². The van der Waals surface area contributed by atoms with Crippen molar-refractivity contribution in [1.29, 1.82) is 5.26 Å². The van der Waals surface area contributed by atoms with E-state index in [1.165, 1.54) is 11.0 Å². The van der Waals surface area contributed by atoms with E-state index in [1.54, 1.807) is 6.07 Å². The van der Waals surface area contributed by atoms with Crippen LogP contribution in [0.1, 0.15) is 4.88 Å². The van der Waals surface area contributed by atoms with E-state index in [4.69, 9.17) is 5.26 Å². The Labute approximate surface area is 110 Å². The van der Waals surface area contributed by atoms with Gasteiger partial charge in [0, 0.05) is 26.2 Å². The number of nitriles is 1. The molecule has 2 heterocycles. The van der Waals surface area contributed by atoms with Crippen molar-refractivity contribution in [3.63, 3.8) is 0 Å². The fourth-order valence-corrected chi connectivity index (χ4v) is 3.11. The van der Waals surface area contributed by atoms with Gasteiger partial charge in [-0.05, 0) is 28.1 Å². The summed E-state index contributed by atoms with van der Waals surface area (Å²) in [6, 6.07) is 0.114. The van der Waals surface area contributed by atoms with Crippen LogP contribution in [0.25, 0.3) is 0 Å². The van der Waals surface area contributed by atoms with Gasteiger partial charge < -0.3 is 4.90 Å². The van der Waals surface area contributed by atoms with Crippen molar-refractivity contribution in [2.24, 2.45) is 0 Å². The van der Waals surface area contributed by atoms with Gasteiger partial charge in [0.05, 0.1) is 8.66 Å². The van der Waals surface area contributed by atoms with Crippen molar-refractivity contribution in [3.05, 3.63) is 20.8 Å². The van der Waals surface area contributed by atoms with Crippen LogP contribution in [0.4, 0.5) is 8.78 Å². The van der Waals surface area contributed by atoms with E-state index >= 15 is 0 Å². The van der Waals surface area contributed by atoms with Crippen molar-refractivity contribution < 1.29 is 8.78 Å². The van der Waals surface area contributed by atoms with Crippen LogP contribution in [0.15, 0.2) is 15.9 Å². The average molecular weight is 322 g/mol. The smallest absolute Gasteiger partial charge is 0.308 e. The molecule has 1 fully saturated rings. The molecule has 0 unspecified atom stereocenters. The molecule has 0 saturated carbocycles. The van der Waals surface area contributed by atoms with Crippen LogP contribution in [0.5, 0.6) is 0 Å². The lowest BCUT2D eigenvalue weighted by atomic mass is 10.3. The molecule has 2 rings (SSSR count). The third-order valence-corrected chi connectivity index (χ3v) is 4.37. The summed E-state index contributed by atoms with van der Waals surface area (Å²) in [6.07, 6.45) is 1.98. The number of nitrogens with zero attached hydrogens (tertiary/aromatic N) is 3. The van der Waals surface area contributed by atoms with Crippen LogP contribution >= 0.6 is 27.3 Å². The largest absolute Gasteiger partial charge is 0.341 e. The molecule has 1 aliphatic rings. The maximum absolute atomic E-state index is 14.1. The molecule has 17 heavy (non-hydrogen) atoms. The molecule has 3 nitrogen and oxygen atoms in total. The SMILES string of the molecule is N#CN1CCN(C(F)(F)c2ccc(Br)s2)CC1. The second kappa shape index (κ2) is 4.88. The molecule has 7 heteroatoms. The molecule has 0 bridgehead atoms. The molecule has 1 aliphatic heterocycles. The Morgan fingerprint density at radius 2 is 1.94 bits per heavy atom. The number of piperazine rings is 1. The lowest BCUT2D eigenvalue weighted by molar-refractivity contribution is -0.161. The van der Waals surface area contributed by atoms with Crippen LogP contribution in [-0.4, -0.2) is 36.0 Å². The second-order valence-electron chi connectivity index (χ2n) is 3.72. The van der Waals surface area contributed by atoms with Crippen LogP contribution in [-0.2, 0) is 6.05 Å². The summed E-state index contributed by atoms with van der Waals surface area (Å²) in [5.74, 6) is 0. The van der Waals surface area contributed by atoms with Crippen LogP contribution in [0.2, 0.25) is 0 Å². The van der Waals surface area contributed by atoms with Gasteiger partial charge in [-0.2, -0.15) is 14.0 Å². The Morgan fingerprint density at radius 1 is 1.29 bits per heavy atom. The first kappa shape index (κ1) is 12.7. The molecule has 0 N–H and O–H groups in total. The van der Waals surface area contributed by atoms with Crippen molar-refractivity contribution in [2.45, 2.75) is 6.05 Å². The van der Waals surface area contributed by atoms with E-state index in [1.807, 2.05) is 6.19 Å². The Kier molecular flexibility index (Phi) is 3.66. The van der Waals surface area contributed by atoms with Gasteiger partial charge in [0.2, 0.25) is 0 Å². The van der Waals surface area contributed by atoms with Gasteiger partial charge in [-0.25, -0.2) is 4.90 Å². The first-order valence-corrected chi connectivity index (χ1v) is 6.68. The van der Waals surface area contributed by atoms with Gasteiger partial charge in [-0.1, -0.05) is 0 Å². The molecule has 0 atom stereocenters. The van der Waals surface area contributed by atoms with E-state index in [0.29, 0.717) is 16.9 Å². The van der Waals surface area contributed by atoms with Crippen molar-refractivity contribution in [1.82, 2.24) is 9.80 Å². The van der Waals surface area contributed by atoms with E-state index in [9.17, 15) is 8.78 Å². The third kappa shape index (κ3) is 2.59. The molecule has 0 amide bonds. The Bertz CT molecular complexity index is 435. The minimum atomic E-state index is -2.95. The van der Waals surface area contributed by atoms with Crippen LogP contribution < -0.4 is 0 Å². The topological polar surface area (TPSA) is 30.3 Å². The highest BCUT2D eigenvalue weighted by atomic mass is 79.9. The standard InChI is InChI=1S/C10H10BrF2N3S/c11-9-2-1-8(17-9)10(12,13)16-5-3-15(7-14)4-6-16/h1-2H,3-6H2. The van der Waals surface area contributed by atoms with Crippen LogP contribution in [0.3, 0.4) is 0 Å². The van der Waals surface area contributed by atoms with E-state index in [-0.39, 0.29) is 18.0 Å². The molecule has 0 aliphatic carbocycles. The molecule has 0 aromatic carbocycles. The minimum Gasteiger partial charge on any atom is -0.308 e. The van der Waals surface area contributed by atoms with E-state index in [0.717, 1.165) is 16.2 Å². The zero-order valence-electron chi connectivity index (χ0n) is 8.87. The predicted molar refractivity (Wildman–Crippen MR) is 64.7 cm³/mol. The van der Waals surface area contributed by atoms with Crippen molar-refractivity contribution in [2.75, 3.05) is 26.2 Å². The fraction of sp³-hybridized carbons (Fsp3) is 0.500. The summed E-state index contributed by atoms with van der Waals surface area (Å²) in [5, 5.41) is 8.67. The second-order valence-corrected chi connectivity index (χ2v) is 6.18. The quantitative estimate of drug-likeness (QED) is 0.619. The summed E-state index contributed by atoms with van der Waals surface area (Å²) < 4.78 is 28.9. The number of alkyl halides is 2. The highest BCUT2D eigenvalue weighted by Crippen LogP contribution is 2.38. The Balaban J connectivity index is 2.09. The zero-order chi connectivity index (χ0) is 12.5. The lowest BCUT2D eigenvalue weighted by Crippen LogP contribution is -2.50. The Morgan fingerprint density at radius 3 is 2.41 bits per heavy atom. The van der Waals surface area contributed by atoms with Crippen molar-refractivity contribution in [3.8, 4) is 6.19 Å². The third-order valence-electron chi connectivity index (χ3n) is 2.69. The monoisotopic (exact) mass is 321 g/mol. The zero-order valence-corrected chi connectivity index (χ0v) is 11.3. The maximum Gasteiger partial charge on any atom is 0.341 e. The molecule has 0 spiro atoms. The number of rotatable bonds is 2. The number of halogens is 3. The van der Waals surface area contributed by atoms with Gasteiger partial charge in [0.1, 0.15) is 0 Å². The van der Waals surface area contributed by atoms with Gasteiger partial charge in [0.25, 0.3) is 0 Å². The summed E-state index contributed by atoms with van der Waals surface area (Å²) in [7, 11) is 0.